The molecular weight excluding hydrogens is 226 g/mol. The first kappa shape index (κ1) is 12.6. The van der Waals surface area contributed by atoms with Crippen molar-refractivity contribution in [2.24, 2.45) is 10.9 Å². The Balaban J connectivity index is 2.48. The van der Waals surface area contributed by atoms with E-state index in [0.717, 1.165) is 11.3 Å². The molecule has 1 aliphatic heterocycles. The monoisotopic (exact) mass is 243 g/mol. The SMILES string of the molecule is CC1=C(C(C)C)C(=O)CC(c2ccccc2O)=N1. The maximum atomic E-state index is 12.1. The van der Waals surface area contributed by atoms with Gasteiger partial charge >= 0.3 is 0 Å². The summed E-state index contributed by atoms with van der Waals surface area (Å²) in [6.45, 7) is 5.85. The van der Waals surface area contributed by atoms with Crippen LogP contribution < -0.4 is 0 Å². The molecule has 3 heteroatoms. The van der Waals surface area contributed by atoms with Gasteiger partial charge in [0.2, 0.25) is 0 Å². The number of hydrogen-bond donors (Lipinski definition) is 1. The van der Waals surface area contributed by atoms with Gasteiger partial charge in [-0.2, -0.15) is 0 Å². The van der Waals surface area contributed by atoms with Crippen LogP contribution in [0.5, 0.6) is 5.75 Å². The predicted molar refractivity (Wildman–Crippen MR) is 71.8 cm³/mol. The van der Waals surface area contributed by atoms with Crippen LogP contribution in [0.2, 0.25) is 0 Å². The van der Waals surface area contributed by atoms with E-state index in [-0.39, 0.29) is 23.9 Å². The van der Waals surface area contributed by atoms with Gasteiger partial charge in [0, 0.05) is 16.8 Å². The van der Waals surface area contributed by atoms with Gasteiger partial charge in [-0.15, -0.1) is 0 Å². The number of rotatable bonds is 2. The van der Waals surface area contributed by atoms with Crippen molar-refractivity contribution in [2.75, 3.05) is 0 Å². The highest BCUT2D eigenvalue weighted by atomic mass is 16.3. The number of aromatic hydroxyl groups is 1. The minimum Gasteiger partial charge on any atom is -0.507 e. The van der Waals surface area contributed by atoms with Crippen molar-refractivity contribution in [1.29, 1.82) is 0 Å². The summed E-state index contributed by atoms with van der Waals surface area (Å²) in [4.78, 5) is 16.6. The third-order valence-corrected chi connectivity index (χ3v) is 3.11. The van der Waals surface area contributed by atoms with E-state index in [1.165, 1.54) is 0 Å². The molecule has 0 aromatic heterocycles. The predicted octanol–water partition coefficient (Wildman–Crippen LogP) is 3.08. The van der Waals surface area contributed by atoms with Crippen molar-refractivity contribution < 1.29 is 9.90 Å². The number of carbonyl (C=O) groups is 1. The number of para-hydroxylation sites is 1. The normalized spacial score (nSPS) is 16.2. The fourth-order valence-corrected chi connectivity index (χ4v) is 2.36. The molecule has 0 saturated carbocycles. The molecule has 0 fully saturated rings. The molecular formula is C15H17NO2. The number of allylic oxidation sites excluding steroid dienone is 2. The van der Waals surface area contributed by atoms with E-state index in [0.29, 0.717) is 11.3 Å². The molecule has 0 aliphatic carbocycles. The molecule has 0 amide bonds. The number of ketones is 1. The summed E-state index contributed by atoms with van der Waals surface area (Å²) in [5.74, 6) is 0.466. The average Bonchev–Trinajstić information content (AvgIpc) is 2.27. The van der Waals surface area contributed by atoms with Crippen LogP contribution in [-0.4, -0.2) is 16.6 Å². The highest BCUT2D eigenvalue weighted by Crippen LogP contribution is 2.27. The quantitative estimate of drug-likeness (QED) is 0.867. The molecule has 0 unspecified atom stereocenters. The highest BCUT2D eigenvalue weighted by molar-refractivity contribution is 6.19. The summed E-state index contributed by atoms with van der Waals surface area (Å²) in [6, 6.07) is 6.99. The average molecular weight is 243 g/mol. The van der Waals surface area contributed by atoms with Gasteiger partial charge in [-0.3, -0.25) is 9.79 Å². The summed E-state index contributed by atoms with van der Waals surface area (Å²) in [6.07, 6.45) is 0.266. The van der Waals surface area contributed by atoms with Gasteiger partial charge < -0.3 is 5.11 Å². The second-order valence-electron chi connectivity index (χ2n) is 4.83. The molecule has 1 N–H and O–H groups in total. The third kappa shape index (κ3) is 2.21. The second-order valence-corrected chi connectivity index (χ2v) is 4.83. The summed E-state index contributed by atoms with van der Waals surface area (Å²) >= 11 is 0. The van der Waals surface area contributed by atoms with Gasteiger partial charge in [0.25, 0.3) is 0 Å². The van der Waals surface area contributed by atoms with Crippen molar-refractivity contribution in [2.45, 2.75) is 27.2 Å². The van der Waals surface area contributed by atoms with Crippen LogP contribution in [0.3, 0.4) is 0 Å². The number of phenols is 1. The summed E-state index contributed by atoms with van der Waals surface area (Å²) in [5, 5.41) is 9.80. The lowest BCUT2D eigenvalue weighted by Crippen LogP contribution is -2.20. The van der Waals surface area contributed by atoms with E-state index in [9.17, 15) is 9.90 Å². The maximum Gasteiger partial charge on any atom is 0.166 e. The number of Topliss-reactive ketones (excluding diaryl/α,β-unsaturated/α-hetero) is 1. The van der Waals surface area contributed by atoms with Gasteiger partial charge in [-0.25, -0.2) is 0 Å². The first-order valence-corrected chi connectivity index (χ1v) is 6.10. The van der Waals surface area contributed by atoms with Gasteiger partial charge in [0.05, 0.1) is 12.1 Å². The molecule has 3 nitrogen and oxygen atoms in total. The number of aliphatic imine (C=N–C) groups is 1. The minimum absolute atomic E-state index is 0.107. The molecule has 18 heavy (non-hydrogen) atoms. The largest absolute Gasteiger partial charge is 0.507 e. The zero-order chi connectivity index (χ0) is 13.3. The van der Waals surface area contributed by atoms with E-state index in [1.807, 2.05) is 26.8 Å². The molecule has 0 radical (unpaired) electrons. The Hall–Kier alpha value is -1.90. The van der Waals surface area contributed by atoms with Crippen LogP contribution >= 0.6 is 0 Å². The standard InChI is InChI=1S/C15H17NO2/c1-9(2)15-10(3)16-12(8-14(15)18)11-6-4-5-7-13(11)17/h4-7,9,17H,8H2,1-3H3. The van der Waals surface area contributed by atoms with Crippen LogP contribution in [-0.2, 0) is 4.79 Å². The van der Waals surface area contributed by atoms with Crippen molar-refractivity contribution in [3.8, 4) is 5.75 Å². The topological polar surface area (TPSA) is 49.7 Å². The van der Waals surface area contributed by atoms with Crippen LogP contribution in [0.15, 0.2) is 40.5 Å². The number of nitrogens with zero attached hydrogens (tertiary/aromatic N) is 1. The van der Waals surface area contributed by atoms with Crippen LogP contribution in [0.4, 0.5) is 0 Å². The first-order valence-electron chi connectivity index (χ1n) is 6.10. The molecule has 1 aromatic rings. The zero-order valence-corrected chi connectivity index (χ0v) is 10.9. The van der Waals surface area contributed by atoms with Crippen LogP contribution in [0.1, 0.15) is 32.8 Å². The molecule has 0 bridgehead atoms. The van der Waals surface area contributed by atoms with Crippen molar-refractivity contribution in [3.63, 3.8) is 0 Å². The molecule has 1 aromatic carbocycles. The van der Waals surface area contributed by atoms with Crippen molar-refractivity contribution in [3.05, 3.63) is 41.1 Å². The minimum atomic E-state index is 0.107. The lowest BCUT2D eigenvalue weighted by Gasteiger charge is -2.19. The van der Waals surface area contributed by atoms with E-state index in [4.69, 9.17) is 0 Å². The molecule has 94 valence electrons. The van der Waals surface area contributed by atoms with Gasteiger partial charge in [-0.05, 0) is 25.0 Å². The molecule has 0 saturated heterocycles. The Morgan fingerprint density at radius 1 is 1.28 bits per heavy atom. The Labute approximate surface area is 107 Å². The first-order chi connectivity index (χ1) is 8.50. The molecule has 1 aliphatic rings. The zero-order valence-electron chi connectivity index (χ0n) is 10.9. The van der Waals surface area contributed by atoms with Crippen molar-refractivity contribution in [1.82, 2.24) is 0 Å². The van der Waals surface area contributed by atoms with E-state index < -0.39 is 0 Å². The van der Waals surface area contributed by atoms with E-state index in [1.54, 1.807) is 18.2 Å². The molecule has 0 atom stereocenters. The maximum absolute atomic E-state index is 12.1. The van der Waals surface area contributed by atoms with E-state index in [2.05, 4.69) is 4.99 Å². The summed E-state index contributed by atoms with van der Waals surface area (Å²) in [7, 11) is 0. The number of hydrogen-bond acceptors (Lipinski definition) is 3. The van der Waals surface area contributed by atoms with Crippen LogP contribution in [0, 0.1) is 5.92 Å². The van der Waals surface area contributed by atoms with Gasteiger partial charge in [-0.1, -0.05) is 26.0 Å². The summed E-state index contributed by atoms with van der Waals surface area (Å²) < 4.78 is 0. The Kier molecular flexibility index (Phi) is 3.32. The van der Waals surface area contributed by atoms with E-state index >= 15 is 0 Å². The molecule has 0 spiro atoms. The Morgan fingerprint density at radius 3 is 2.50 bits per heavy atom. The van der Waals surface area contributed by atoms with Crippen LogP contribution in [0.25, 0.3) is 0 Å². The number of carbonyl (C=O) groups excluding carboxylic acids is 1. The Morgan fingerprint density at radius 2 is 1.94 bits per heavy atom. The lowest BCUT2D eigenvalue weighted by atomic mass is 9.90. The Bertz CT molecular complexity index is 553. The molecule has 1 heterocycles. The number of benzene rings is 1. The lowest BCUT2D eigenvalue weighted by molar-refractivity contribution is -0.115. The fraction of sp³-hybridized carbons (Fsp3) is 0.333. The van der Waals surface area contributed by atoms with Gasteiger partial charge in [0.1, 0.15) is 5.75 Å². The second kappa shape index (κ2) is 4.77. The van der Waals surface area contributed by atoms with Gasteiger partial charge in [0.15, 0.2) is 5.78 Å². The fourth-order valence-electron chi connectivity index (χ4n) is 2.36. The molecule has 2 rings (SSSR count). The summed E-state index contributed by atoms with van der Waals surface area (Å²) in [5.41, 5.74) is 2.86. The number of phenolic OH excluding ortho intramolecular Hbond substituents is 1. The smallest absolute Gasteiger partial charge is 0.166 e. The third-order valence-electron chi connectivity index (χ3n) is 3.11. The highest BCUT2D eigenvalue weighted by Gasteiger charge is 2.24. The van der Waals surface area contributed by atoms with Crippen molar-refractivity contribution >= 4 is 11.5 Å².